The van der Waals surface area contributed by atoms with Gasteiger partial charge < -0.3 is 5.11 Å². The van der Waals surface area contributed by atoms with E-state index in [1.165, 1.54) is 19.1 Å². The molecule has 0 bridgehead atoms. The Morgan fingerprint density at radius 1 is 1.56 bits per heavy atom. The quantitative estimate of drug-likeness (QED) is 0.519. The molecule has 1 rings (SSSR count). The molecule has 0 heterocycles. The van der Waals surface area contributed by atoms with Crippen LogP contribution in [0.25, 0.3) is 0 Å². The molecule has 0 fully saturated rings. The van der Waals surface area contributed by atoms with Gasteiger partial charge in [-0.25, -0.2) is 4.39 Å². The zero-order valence-corrected chi connectivity index (χ0v) is 5.21. The molecule has 0 saturated heterocycles. The van der Waals surface area contributed by atoms with E-state index in [0.29, 0.717) is 0 Å². The highest BCUT2D eigenvalue weighted by Gasteiger charge is 2.28. The van der Waals surface area contributed by atoms with Crippen molar-refractivity contribution >= 4 is 0 Å². The number of aliphatic hydroxyl groups is 1. The number of allylic oxidation sites excluding steroid dienone is 2. The van der Waals surface area contributed by atoms with Gasteiger partial charge in [-0.3, -0.25) is 0 Å². The molecule has 0 aromatic heterocycles. The van der Waals surface area contributed by atoms with E-state index in [4.69, 9.17) is 5.11 Å². The Balaban J connectivity index is 2.78. The third kappa shape index (κ3) is 1.19. The Morgan fingerprint density at radius 3 is 2.56 bits per heavy atom. The fourth-order valence-corrected chi connectivity index (χ4v) is 0.700. The van der Waals surface area contributed by atoms with Crippen LogP contribution in [0.4, 0.5) is 4.39 Å². The summed E-state index contributed by atoms with van der Waals surface area (Å²) < 4.78 is 12.9. The van der Waals surface area contributed by atoms with Crippen LogP contribution in [0, 0.1) is 0 Å². The lowest BCUT2D eigenvalue weighted by Gasteiger charge is -2.21. The first-order chi connectivity index (χ1) is 4.13. The minimum Gasteiger partial charge on any atom is -0.385 e. The first-order valence-electron chi connectivity index (χ1n) is 2.86. The van der Waals surface area contributed by atoms with Gasteiger partial charge in [-0.05, 0) is 13.0 Å². The summed E-state index contributed by atoms with van der Waals surface area (Å²) in [5.41, 5.74) is -1.57. The highest BCUT2D eigenvalue weighted by molar-refractivity contribution is 5.21. The summed E-state index contributed by atoms with van der Waals surface area (Å²) >= 11 is 0. The lowest BCUT2D eigenvalue weighted by molar-refractivity contribution is 0.0713. The highest BCUT2D eigenvalue weighted by atomic mass is 19.1. The number of halogens is 1. The van der Waals surface area contributed by atoms with Gasteiger partial charge in [0.1, 0.15) is 6.10 Å². The van der Waals surface area contributed by atoms with Crippen molar-refractivity contribution < 1.29 is 9.50 Å². The van der Waals surface area contributed by atoms with Crippen LogP contribution in [-0.4, -0.2) is 16.9 Å². The Kier molecular flexibility index (Phi) is 1.41. The first kappa shape index (κ1) is 6.49. The topological polar surface area (TPSA) is 20.2 Å². The second-order valence-electron chi connectivity index (χ2n) is 2.34. The summed E-state index contributed by atoms with van der Waals surface area (Å²) in [6.07, 6.45) is 5.01. The normalized spacial score (nSPS) is 41.4. The van der Waals surface area contributed by atoms with E-state index >= 15 is 0 Å². The van der Waals surface area contributed by atoms with Gasteiger partial charge in [-0.2, -0.15) is 0 Å². The third-order valence-electron chi connectivity index (χ3n) is 1.40. The molecule has 1 N–H and O–H groups in total. The maximum Gasteiger partial charge on any atom is 0.155 e. The second kappa shape index (κ2) is 1.95. The van der Waals surface area contributed by atoms with Gasteiger partial charge in [-0.1, -0.05) is 18.2 Å². The number of hydrogen-bond donors (Lipinski definition) is 1. The zero-order chi connectivity index (χ0) is 6.91. The number of rotatable bonds is 0. The Hall–Kier alpha value is -0.630. The largest absolute Gasteiger partial charge is 0.385 e. The van der Waals surface area contributed by atoms with Crippen LogP contribution in [0.2, 0.25) is 0 Å². The fraction of sp³-hybridized carbons (Fsp3) is 0.429. The Bertz CT molecular complexity index is 158. The lowest BCUT2D eigenvalue weighted by atomic mass is 9.97. The van der Waals surface area contributed by atoms with Gasteiger partial charge in [0.2, 0.25) is 0 Å². The van der Waals surface area contributed by atoms with Crippen LogP contribution in [0.3, 0.4) is 0 Å². The molecule has 1 aliphatic carbocycles. The van der Waals surface area contributed by atoms with E-state index in [9.17, 15) is 4.39 Å². The minimum atomic E-state index is -1.57. The molecule has 2 unspecified atom stereocenters. The summed E-state index contributed by atoms with van der Waals surface area (Å²) in [5, 5.41) is 8.92. The van der Waals surface area contributed by atoms with Crippen molar-refractivity contribution in [3.05, 3.63) is 24.3 Å². The second-order valence-corrected chi connectivity index (χ2v) is 2.34. The van der Waals surface area contributed by atoms with E-state index < -0.39 is 11.8 Å². The average molecular weight is 128 g/mol. The zero-order valence-electron chi connectivity index (χ0n) is 5.21. The summed E-state index contributed by atoms with van der Waals surface area (Å²) in [6.45, 7) is 1.34. The predicted octanol–water partition coefficient (Wildman–Crippen LogP) is 1.20. The Labute approximate surface area is 53.5 Å². The monoisotopic (exact) mass is 128 g/mol. The maximum absolute atomic E-state index is 12.9. The van der Waals surface area contributed by atoms with Gasteiger partial charge in [0.25, 0.3) is 0 Å². The third-order valence-corrected chi connectivity index (χ3v) is 1.40. The Morgan fingerprint density at radius 2 is 2.22 bits per heavy atom. The van der Waals surface area contributed by atoms with E-state index in [0.717, 1.165) is 0 Å². The van der Waals surface area contributed by atoms with Gasteiger partial charge in [0.05, 0.1) is 0 Å². The van der Waals surface area contributed by atoms with Crippen LogP contribution < -0.4 is 0 Å². The van der Waals surface area contributed by atoms with E-state index in [1.807, 2.05) is 0 Å². The van der Waals surface area contributed by atoms with E-state index in [-0.39, 0.29) is 0 Å². The highest BCUT2D eigenvalue weighted by Crippen LogP contribution is 2.21. The fourth-order valence-electron chi connectivity index (χ4n) is 0.700. The molecule has 0 radical (unpaired) electrons. The van der Waals surface area contributed by atoms with Crippen LogP contribution in [0.5, 0.6) is 0 Å². The molecule has 2 atom stereocenters. The predicted molar refractivity (Wildman–Crippen MR) is 33.8 cm³/mol. The van der Waals surface area contributed by atoms with Gasteiger partial charge in [-0.15, -0.1) is 0 Å². The smallest absolute Gasteiger partial charge is 0.155 e. The van der Waals surface area contributed by atoms with Gasteiger partial charge in [0, 0.05) is 0 Å². The standard InChI is InChI=1S/C7H9FO/c1-7(8)5-3-2-4-6(7)9/h2-6,9H,1H3. The summed E-state index contributed by atoms with van der Waals surface area (Å²) in [6, 6.07) is 0. The van der Waals surface area contributed by atoms with E-state index in [2.05, 4.69) is 0 Å². The van der Waals surface area contributed by atoms with Crippen molar-refractivity contribution in [1.82, 2.24) is 0 Å². The van der Waals surface area contributed by atoms with Crippen molar-refractivity contribution in [1.29, 1.82) is 0 Å². The summed E-state index contributed by atoms with van der Waals surface area (Å²) in [5.74, 6) is 0. The van der Waals surface area contributed by atoms with Crippen LogP contribution >= 0.6 is 0 Å². The van der Waals surface area contributed by atoms with Crippen molar-refractivity contribution in [3.8, 4) is 0 Å². The number of hydrogen-bond acceptors (Lipinski definition) is 1. The molecule has 0 amide bonds. The minimum absolute atomic E-state index is 0.984. The van der Waals surface area contributed by atoms with Crippen LogP contribution in [-0.2, 0) is 0 Å². The van der Waals surface area contributed by atoms with Crippen molar-refractivity contribution in [2.45, 2.75) is 18.7 Å². The van der Waals surface area contributed by atoms with Crippen LogP contribution in [0.1, 0.15) is 6.92 Å². The molecule has 0 saturated carbocycles. The molecular weight excluding hydrogens is 119 g/mol. The molecule has 1 nitrogen and oxygen atoms in total. The average Bonchev–Trinajstić information content (AvgIpc) is 1.77. The molecule has 9 heavy (non-hydrogen) atoms. The summed E-state index contributed by atoms with van der Waals surface area (Å²) in [4.78, 5) is 0. The van der Waals surface area contributed by atoms with Crippen molar-refractivity contribution in [3.63, 3.8) is 0 Å². The van der Waals surface area contributed by atoms with Crippen LogP contribution in [0.15, 0.2) is 24.3 Å². The molecule has 2 heteroatoms. The molecule has 50 valence electrons. The molecular formula is C7H9FO. The number of aliphatic hydroxyl groups excluding tert-OH is 1. The molecule has 0 spiro atoms. The summed E-state index contributed by atoms with van der Waals surface area (Å²) in [7, 11) is 0. The molecule has 0 aromatic rings. The lowest BCUT2D eigenvalue weighted by Crippen LogP contribution is -2.32. The van der Waals surface area contributed by atoms with Crippen molar-refractivity contribution in [2.24, 2.45) is 0 Å². The molecule has 1 aliphatic rings. The van der Waals surface area contributed by atoms with Crippen molar-refractivity contribution in [2.75, 3.05) is 0 Å². The molecule has 0 aliphatic heterocycles. The SMILES string of the molecule is CC1(F)C=CC=CC1O. The van der Waals surface area contributed by atoms with Gasteiger partial charge >= 0.3 is 0 Å². The first-order valence-corrected chi connectivity index (χ1v) is 2.86. The maximum atomic E-state index is 12.9. The molecule has 0 aromatic carbocycles. The number of alkyl halides is 1. The van der Waals surface area contributed by atoms with E-state index in [1.54, 1.807) is 12.2 Å². The van der Waals surface area contributed by atoms with Gasteiger partial charge in [0.15, 0.2) is 5.67 Å².